The molecule has 0 radical (unpaired) electrons. The first kappa shape index (κ1) is 25.4. The van der Waals surface area contributed by atoms with Gasteiger partial charge in [0.2, 0.25) is 0 Å². The number of hydrogen-bond acceptors (Lipinski definition) is 8. The van der Waals surface area contributed by atoms with Crippen LogP contribution in [-0.2, 0) is 37.6 Å². The van der Waals surface area contributed by atoms with E-state index in [1.54, 1.807) is 6.92 Å². The lowest BCUT2D eigenvalue weighted by Crippen LogP contribution is -2.33. The van der Waals surface area contributed by atoms with Gasteiger partial charge in [-0.05, 0) is 13.3 Å². The molecule has 0 fully saturated rings. The Morgan fingerprint density at radius 3 is 1.69 bits per heavy atom. The molecule has 11 heteroatoms. The van der Waals surface area contributed by atoms with E-state index in [1.807, 2.05) is 6.92 Å². The summed E-state index contributed by atoms with van der Waals surface area (Å²) < 4.78 is 40.5. The fourth-order valence-corrected chi connectivity index (χ4v) is 2.04. The van der Waals surface area contributed by atoms with Crippen LogP contribution in [0.15, 0.2) is 0 Å². The predicted molar refractivity (Wildman–Crippen MR) is 91.7 cm³/mol. The molecule has 0 rings (SSSR count). The molecule has 0 aromatic rings. The monoisotopic (exact) mass is 402 g/mol. The Bertz CT molecular complexity index is 413. The quantitative estimate of drug-likeness (QED) is 0.204. The molecule has 0 saturated carbocycles. The molecular weight excluding hydrogens is 371 g/mol. The predicted octanol–water partition coefficient (Wildman–Crippen LogP) is 0.751. The summed E-state index contributed by atoms with van der Waals surface area (Å²) in [6.07, 6.45) is 0.627. The van der Waals surface area contributed by atoms with Crippen LogP contribution in [-0.4, -0.2) is 82.3 Å². The van der Waals surface area contributed by atoms with Crippen LogP contribution >= 0.6 is 7.82 Å². The number of methoxy groups -OCH3 is 1. The Hall–Kier alpha value is -0.580. The summed E-state index contributed by atoms with van der Waals surface area (Å²) >= 11 is 0. The van der Waals surface area contributed by atoms with Crippen LogP contribution in [0.3, 0.4) is 0 Å². The molecule has 1 atom stereocenters. The van der Waals surface area contributed by atoms with Crippen LogP contribution in [0.1, 0.15) is 20.3 Å². The molecule has 0 amide bonds. The highest BCUT2D eigenvalue weighted by molar-refractivity contribution is 7.46. The second-order valence-corrected chi connectivity index (χ2v) is 6.86. The van der Waals surface area contributed by atoms with Crippen LogP contribution in [0.5, 0.6) is 0 Å². The number of hydrogen-bond donors (Lipinski definition) is 2. The largest absolute Gasteiger partial charge is 0.469 e. The molecule has 0 aromatic carbocycles. The normalized spacial score (nSPS) is 14.2. The van der Waals surface area contributed by atoms with E-state index in [1.165, 1.54) is 7.11 Å². The van der Waals surface area contributed by atoms with Crippen LogP contribution in [0, 0.1) is 5.41 Å². The second-order valence-electron chi connectivity index (χ2n) is 5.62. The zero-order valence-corrected chi connectivity index (χ0v) is 16.6. The molecule has 0 saturated heterocycles. The molecule has 156 valence electrons. The molecule has 0 bridgehead atoms. The highest BCUT2D eigenvalue weighted by atomic mass is 31.2. The van der Waals surface area contributed by atoms with E-state index < -0.39 is 13.2 Å². The molecule has 0 aliphatic rings. The lowest BCUT2D eigenvalue weighted by molar-refractivity contribution is -0.156. The standard InChI is InChI=1S/C15H31O10P/c1-4-15(2,14(16)20-3)13-24-10-9-22-6-5-21-7-8-23-11-12-25-26(17,18)19/h4-13H2,1-3H3,(H2,17,18,19). The van der Waals surface area contributed by atoms with Gasteiger partial charge in [0.25, 0.3) is 0 Å². The Labute approximate surface area is 154 Å². The summed E-state index contributed by atoms with van der Waals surface area (Å²) in [6.45, 7) is 6.04. The summed E-state index contributed by atoms with van der Waals surface area (Å²) in [5.74, 6) is -0.287. The SMILES string of the molecule is CCC(C)(COCCOCCOCCOCCOP(=O)(O)O)C(=O)OC. The zero-order chi connectivity index (χ0) is 19.9. The molecule has 1 unspecified atom stereocenters. The number of phosphoric acid groups is 1. The average Bonchev–Trinajstić information content (AvgIpc) is 2.60. The third-order valence-corrected chi connectivity index (χ3v) is 4.00. The average molecular weight is 402 g/mol. The number of phosphoric ester groups is 1. The van der Waals surface area contributed by atoms with Crippen molar-refractivity contribution in [3.63, 3.8) is 0 Å². The maximum Gasteiger partial charge on any atom is 0.469 e. The summed E-state index contributed by atoms with van der Waals surface area (Å²) in [5, 5.41) is 0. The van der Waals surface area contributed by atoms with E-state index in [9.17, 15) is 9.36 Å². The van der Waals surface area contributed by atoms with Crippen molar-refractivity contribution in [1.29, 1.82) is 0 Å². The minimum absolute atomic E-state index is 0.0740. The topological polar surface area (TPSA) is 130 Å². The molecule has 0 aliphatic heterocycles. The van der Waals surface area contributed by atoms with Crippen molar-refractivity contribution in [2.75, 3.05) is 66.6 Å². The van der Waals surface area contributed by atoms with Gasteiger partial charge in [0.15, 0.2) is 0 Å². The fourth-order valence-electron chi connectivity index (χ4n) is 1.72. The number of esters is 1. The van der Waals surface area contributed by atoms with Crippen molar-refractivity contribution in [2.24, 2.45) is 5.41 Å². The molecule has 0 aromatic heterocycles. The van der Waals surface area contributed by atoms with Gasteiger partial charge in [-0.3, -0.25) is 9.32 Å². The Morgan fingerprint density at radius 1 is 0.885 bits per heavy atom. The van der Waals surface area contributed by atoms with Crippen molar-refractivity contribution in [2.45, 2.75) is 20.3 Å². The highest BCUT2D eigenvalue weighted by Gasteiger charge is 2.32. The third-order valence-electron chi connectivity index (χ3n) is 3.48. The van der Waals surface area contributed by atoms with Gasteiger partial charge in [0, 0.05) is 0 Å². The van der Waals surface area contributed by atoms with Crippen LogP contribution in [0.4, 0.5) is 0 Å². The Balaban J connectivity index is 3.39. The van der Waals surface area contributed by atoms with Crippen molar-refractivity contribution >= 4 is 13.8 Å². The van der Waals surface area contributed by atoms with E-state index in [0.29, 0.717) is 39.5 Å². The van der Waals surface area contributed by atoms with Gasteiger partial charge in [0.05, 0.1) is 72.0 Å². The lowest BCUT2D eigenvalue weighted by atomic mass is 9.89. The minimum atomic E-state index is -4.43. The van der Waals surface area contributed by atoms with Gasteiger partial charge in [-0.15, -0.1) is 0 Å². The number of rotatable bonds is 17. The van der Waals surface area contributed by atoms with Crippen molar-refractivity contribution in [1.82, 2.24) is 0 Å². The fraction of sp³-hybridized carbons (Fsp3) is 0.933. The van der Waals surface area contributed by atoms with Gasteiger partial charge in [-0.1, -0.05) is 6.92 Å². The van der Waals surface area contributed by atoms with Crippen molar-refractivity contribution in [3.8, 4) is 0 Å². The maximum atomic E-state index is 11.7. The number of ether oxygens (including phenoxy) is 5. The van der Waals surface area contributed by atoms with Crippen molar-refractivity contribution in [3.05, 3.63) is 0 Å². The molecule has 0 spiro atoms. The van der Waals surface area contributed by atoms with E-state index in [4.69, 9.17) is 33.5 Å². The van der Waals surface area contributed by atoms with Gasteiger partial charge in [0.1, 0.15) is 0 Å². The Kier molecular flexibility index (Phi) is 14.2. The molecule has 0 aliphatic carbocycles. The first-order valence-corrected chi connectivity index (χ1v) is 9.87. The summed E-state index contributed by atoms with van der Waals surface area (Å²) in [7, 11) is -3.07. The second kappa shape index (κ2) is 14.5. The first-order chi connectivity index (χ1) is 12.2. The molecule has 10 nitrogen and oxygen atoms in total. The van der Waals surface area contributed by atoms with Crippen LogP contribution in [0.2, 0.25) is 0 Å². The van der Waals surface area contributed by atoms with Gasteiger partial charge >= 0.3 is 13.8 Å². The number of carbonyl (C=O) groups excluding carboxylic acids is 1. The van der Waals surface area contributed by atoms with Gasteiger partial charge in [-0.2, -0.15) is 0 Å². The van der Waals surface area contributed by atoms with Crippen molar-refractivity contribution < 1.29 is 47.4 Å². The van der Waals surface area contributed by atoms with E-state index in [2.05, 4.69) is 4.52 Å². The Morgan fingerprint density at radius 2 is 1.31 bits per heavy atom. The van der Waals surface area contributed by atoms with E-state index in [-0.39, 0.29) is 32.4 Å². The van der Waals surface area contributed by atoms with Crippen LogP contribution < -0.4 is 0 Å². The maximum absolute atomic E-state index is 11.7. The summed E-state index contributed by atoms with van der Waals surface area (Å²) in [6, 6.07) is 0. The van der Waals surface area contributed by atoms with E-state index in [0.717, 1.165) is 0 Å². The molecular formula is C15H31O10P. The summed E-state index contributed by atoms with van der Waals surface area (Å²) in [5.41, 5.74) is -0.645. The smallest absolute Gasteiger partial charge is 0.469 e. The number of carbonyl (C=O) groups is 1. The molecule has 26 heavy (non-hydrogen) atoms. The third kappa shape index (κ3) is 13.6. The van der Waals surface area contributed by atoms with Crippen LogP contribution in [0.25, 0.3) is 0 Å². The van der Waals surface area contributed by atoms with E-state index >= 15 is 0 Å². The summed E-state index contributed by atoms with van der Waals surface area (Å²) in [4.78, 5) is 28.6. The van der Waals surface area contributed by atoms with Gasteiger partial charge in [-0.25, -0.2) is 4.57 Å². The highest BCUT2D eigenvalue weighted by Crippen LogP contribution is 2.35. The zero-order valence-electron chi connectivity index (χ0n) is 15.7. The minimum Gasteiger partial charge on any atom is -0.469 e. The molecule has 0 heterocycles. The molecule has 2 N–H and O–H groups in total. The first-order valence-electron chi connectivity index (χ1n) is 8.34. The van der Waals surface area contributed by atoms with Gasteiger partial charge < -0.3 is 33.5 Å². The lowest BCUT2D eigenvalue weighted by Gasteiger charge is -2.24.